The van der Waals surface area contributed by atoms with E-state index in [1.165, 1.54) is 26.4 Å². The number of carbonyl (C=O) groups is 1. The monoisotopic (exact) mass is 350 g/mol. The normalized spacial score (nSPS) is 10.2. The Kier molecular flexibility index (Phi) is 5.25. The summed E-state index contributed by atoms with van der Waals surface area (Å²) in [7, 11) is 2.97. The minimum Gasteiger partial charge on any atom is -0.497 e. The van der Waals surface area contributed by atoms with Crippen molar-refractivity contribution in [3.63, 3.8) is 0 Å². The molecule has 0 saturated heterocycles. The van der Waals surface area contributed by atoms with Crippen LogP contribution in [0.25, 0.3) is 0 Å². The van der Waals surface area contributed by atoms with Crippen molar-refractivity contribution in [3.05, 3.63) is 56.6 Å². The molecule has 0 atom stereocenters. The van der Waals surface area contributed by atoms with Crippen LogP contribution in [-0.4, -0.2) is 25.1 Å². The number of hydrogen-bond donors (Lipinski definition) is 1. The summed E-state index contributed by atoms with van der Waals surface area (Å²) in [6, 6.07) is 7.42. The van der Waals surface area contributed by atoms with Gasteiger partial charge in [0.1, 0.15) is 16.5 Å². The van der Waals surface area contributed by atoms with Gasteiger partial charge in [-0.2, -0.15) is 0 Å². The lowest BCUT2D eigenvalue weighted by Gasteiger charge is -2.11. The molecule has 7 nitrogen and oxygen atoms in total. The first kappa shape index (κ1) is 17.6. The summed E-state index contributed by atoms with van der Waals surface area (Å²) in [5.41, 5.74) is 1.02. The maximum absolute atomic E-state index is 12.4. The van der Waals surface area contributed by atoms with Crippen LogP contribution >= 0.6 is 11.6 Å². The maximum atomic E-state index is 12.4. The van der Waals surface area contributed by atoms with E-state index in [4.69, 9.17) is 21.1 Å². The Morgan fingerprint density at radius 1 is 1.12 bits per heavy atom. The van der Waals surface area contributed by atoms with Gasteiger partial charge in [-0.05, 0) is 30.7 Å². The van der Waals surface area contributed by atoms with Crippen LogP contribution in [0.15, 0.2) is 30.3 Å². The van der Waals surface area contributed by atoms with Gasteiger partial charge in [0.2, 0.25) is 0 Å². The molecule has 8 heteroatoms. The Balaban J connectivity index is 2.33. The zero-order valence-corrected chi connectivity index (χ0v) is 14.0. The minimum atomic E-state index is -0.576. The third-order valence-corrected chi connectivity index (χ3v) is 3.66. The molecule has 0 aliphatic heterocycles. The molecule has 0 unspecified atom stereocenters. The molecular formula is C16H15ClN2O5. The number of rotatable bonds is 5. The highest BCUT2D eigenvalue weighted by atomic mass is 35.5. The number of nitro groups is 1. The van der Waals surface area contributed by atoms with E-state index < -0.39 is 10.8 Å². The van der Waals surface area contributed by atoms with Gasteiger partial charge in [-0.3, -0.25) is 14.9 Å². The zero-order chi connectivity index (χ0) is 17.9. The number of nitro benzene ring substituents is 1. The molecule has 0 aliphatic rings. The summed E-state index contributed by atoms with van der Waals surface area (Å²) in [4.78, 5) is 22.7. The van der Waals surface area contributed by atoms with Crippen molar-refractivity contribution < 1.29 is 19.2 Å². The fourth-order valence-electron chi connectivity index (χ4n) is 2.07. The Hall–Kier alpha value is -2.80. The van der Waals surface area contributed by atoms with Gasteiger partial charge in [0, 0.05) is 23.4 Å². The molecule has 2 aromatic rings. The number of halogens is 1. The maximum Gasteiger partial charge on any atom is 0.288 e. The van der Waals surface area contributed by atoms with E-state index in [0.29, 0.717) is 28.3 Å². The first-order valence-corrected chi connectivity index (χ1v) is 7.22. The number of aryl methyl sites for hydroxylation is 1. The van der Waals surface area contributed by atoms with Gasteiger partial charge in [0.25, 0.3) is 11.6 Å². The summed E-state index contributed by atoms with van der Waals surface area (Å²) in [6.07, 6.45) is 0. The van der Waals surface area contributed by atoms with Gasteiger partial charge in [-0.25, -0.2) is 0 Å². The van der Waals surface area contributed by atoms with Gasteiger partial charge < -0.3 is 14.8 Å². The van der Waals surface area contributed by atoms with Gasteiger partial charge >= 0.3 is 0 Å². The highest BCUT2D eigenvalue weighted by Crippen LogP contribution is 2.31. The van der Waals surface area contributed by atoms with Crippen molar-refractivity contribution >= 4 is 28.9 Å². The molecule has 2 aromatic carbocycles. The van der Waals surface area contributed by atoms with Crippen LogP contribution in [0.2, 0.25) is 5.02 Å². The number of nitrogens with one attached hydrogen (secondary N) is 1. The van der Waals surface area contributed by atoms with Crippen LogP contribution in [-0.2, 0) is 0 Å². The summed E-state index contributed by atoms with van der Waals surface area (Å²) < 4.78 is 10.3. The summed E-state index contributed by atoms with van der Waals surface area (Å²) in [6.45, 7) is 1.64. The number of anilines is 1. The van der Waals surface area contributed by atoms with Gasteiger partial charge in [0.05, 0.1) is 19.1 Å². The average Bonchev–Trinajstić information content (AvgIpc) is 2.56. The summed E-state index contributed by atoms with van der Waals surface area (Å²) in [5, 5.41) is 13.5. The van der Waals surface area contributed by atoms with Crippen molar-refractivity contribution in [3.8, 4) is 11.5 Å². The molecule has 24 heavy (non-hydrogen) atoms. The second-order valence-corrected chi connectivity index (χ2v) is 5.34. The van der Waals surface area contributed by atoms with Crippen LogP contribution in [0, 0.1) is 17.0 Å². The van der Waals surface area contributed by atoms with Crippen LogP contribution in [0.1, 0.15) is 15.9 Å². The molecule has 0 bridgehead atoms. The van der Waals surface area contributed by atoms with Crippen LogP contribution in [0.3, 0.4) is 0 Å². The number of hydrogen-bond acceptors (Lipinski definition) is 5. The van der Waals surface area contributed by atoms with E-state index in [-0.39, 0.29) is 10.7 Å². The van der Waals surface area contributed by atoms with Crippen LogP contribution in [0.5, 0.6) is 11.5 Å². The number of amides is 1. The molecular weight excluding hydrogens is 336 g/mol. The predicted molar refractivity (Wildman–Crippen MR) is 90.3 cm³/mol. The van der Waals surface area contributed by atoms with Gasteiger partial charge in [0.15, 0.2) is 0 Å². The average molecular weight is 351 g/mol. The SMILES string of the molecule is COc1cc(OC)cc(C(=O)Nc2cc(Cl)c([N+](=O)[O-])cc2C)c1. The first-order chi connectivity index (χ1) is 11.3. The van der Waals surface area contributed by atoms with E-state index in [2.05, 4.69) is 5.32 Å². The Morgan fingerprint density at radius 3 is 2.21 bits per heavy atom. The largest absolute Gasteiger partial charge is 0.497 e. The quantitative estimate of drug-likeness (QED) is 0.653. The molecule has 0 saturated carbocycles. The van der Waals surface area contributed by atoms with Crippen molar-refractivity contribution in [1.82, 2.24) is 0 Å². The van der Waals surface area contributed by atoms with Crippen molar-refractivity contribution in [2.75, 3.05) is 19.5 Å². The van der Waals surface area contributed by atoms with Crippen molar-refractivity contribution in [2.45, 2.75) is 6.92 Å². The number of nitrogens with zero attached hydrogens (tertiary/aromatic N) is 1. The summed E-state index contributed by atoms with van der Waals surface area (Å²) in [5.74, 6) is 0.524. The van der Waals surface area contributed by atoms with Crippen molar-refractivity contribution in [2.24, 2.45) is 0 Å². The zero-order valence-electron chi connectivity index (χ0n) is 13.3. The van der Waals surface area contributed by atoms with E-state index in [1.54, 1.807) is 25.1 Å². The molecule has 2 rings (SSSR count). The molecule has 0 aromatic heterocycles. The topological polar surface area (TPSA) is 90.7 Å². The molecule has 0 heterocycles. The van der Waals surface area contributed by atoms with E-state index in [9.17, 15) is 14.9 Å². The molecule has 0 aliphatic carbocycles. The molecule has 0 fully saturated rings. The van der Waals surface area contributed by atoms with E-state index in [1.807, 2.05) is 0 Å². The number of ether oxygens (including phenoxy) is 2. The number of benzene rings is 2. The van der Waals surface area contributed by atoms with Gasteiger partial charge in [-0.1, -0.05) is 11.6 Å². The number of carbonyl (C=O) groups excluding carboxylic acids is 1. The minimum absolute atomic E-state index is 0.0517. The predicted octanol–water partition coefficient (Wildman–Crippen LogP) is 3.83. The Labute approximate surface area is 143 Å². The Morgan fingerprint density at radius 2 is 1.71 bits per heavy atom. The lowest BCUT2D eigenvalue weighted by molar-refractivity contribution is -0.384. The third-order valence-electron chi connectivity index (χ3n) is 3.35. The van der Waals surface area contributed by atoms with Crippen LogP contribution in [0.4, 0.5) is 11.4 Å². The van der Waals surface area contributed by atoms with E-state index in [0.717, 1.165) is 0 Å². The highest BCUT2D eigenvalue weighted by Gasteiger charge is 2.17. The van der Waals surface area contributed by atoms with E-state index >= 15 is 0 Å². The lowest BCUT2D eigenvalue weighted by Crippen LogP contribution is -2.13. The second kappa shape index (κ2) is 7.18. The van der Waals surface area contributed by atoms with Crippen molar-refractivity contribution in [1.29, 1.82) is 0 Å². The molecule has 126 valence electrons. The lowest BCUT2D eigenvalue weighted by atomic mass is 10.1. The fourth-order valence-corrected chi connectivity index (χ4v) is 2.31. The molecule has 1 N–H and O–H groups in total. The number of methoxy groups -OCH3 is 2. The summed E-state index contributed by atoms with van der Waals surface area (Å²) >= 11 is 5.89. The van der Waals surface area contributed by atoms with Crippen LogP contribution < -0.4 is 14.8 Å². The molecule has 0 radical (unpaired) electrons. The third kappa shape index (κ3) is 3.75. The standard InChI is InChI=1S/C16H15ClN2O5/c1-9-4-15(19(21)22)13(17)8-14(9)18-16(20)10-5-11(23-2)7-12(6-10)24-3/h4-8H,1-3H3,(H,18,20). The molecule has 1 amide bonds. The smallest absolute Gasteiger partial charge is 0.288 e. The Bertz CT molecular complexity index is 785. The second-order valence-electron chi connectivity index (χ2n) is 4.93. The highest BCUT2D eigenvalue weighted by molar-refractivity contribution is 6.33. The first-order valence-electron chi connectivity index (χ1n) is 6.84. The fraction of sp³-hybridized carbons (Fsp3) is 0.188. The molecule has 0 spiro atoms. The van der Waals surface area contributed by atoms with Gasteiger partial charge in [-0.15, -0.1) is 0 Å².